The Kier molecular flexibility index (Phi) is 5.52. The summed E-state index contributed by atoms with van der Waals surface area (Å²) in [4.78, 5) is 11.3. The zero-order chi connectivity index (χ0) is 19.7. The molecule has 0 aliphatic carbocycles. The van der Waals surface area contributed by atoms with E-state index in [9.17, 15) is 26.4 Å². The summed E-state index contributed by atoms with van der Waals surface area (Å²) >= 11 is 5.82. The summed E-state index contributed by atoms with van der Waals surface area (Å²) in [5.41, 5.74) is -1.22. The van der Waals surface area contributed by atoms with Gasteiger partial charge in [-0.2, -0.15) is 13.2 Å². The highest BCUT2D eigenvalue weighted by atomic mass is 35.5. The van der Waals surface area contributed by atoms with Gasteiger partial charge < -0.3 is 4.74 Å². The highest BCUT2D eigenvalue weighted by Crippen LogP contribution is 2.34. The number of carbonyl (C=O) groups excluding carboxylic acids is 1. The molecule has 0 heterocycles. The minimum Gasteiger partial charge on any atom is -0.465 e. The molecule has 0 bridgehead atoms. The zero-order valence-corrected chi connectivity index (χ0v) is 15.1. The smallest absolute Gasteiger partial charge is 0.416 e. The van der Waals surface area contributed by atoms with Crippen LogP contribution in [0.4, 0.5) is 18.9 Å². The number of methoxy groups -OCH3 is 1. The number of ether oxygens (including phenoxy) is 1. The Balaban J connectivity index is 2.49. The molecule has 1 N–H and O–H groups in total. The van der Waals surface area contributed by atoms with Gasteiger partial charge in [0.15, 0.2) is 0 Å². The molecule has 0 aliphatic heterocycles. The van der Waals surface area contributed by atoms with Crippen molar-refractivity contribution >= 4 is 33.3 Å². The molecule has 5 nitrogen and oxygen atoms in total. The van der Waals surface area contributed by atoms with Crippen molar-refractivity contribution in [2.24, 2.45) is 0 Å². The fraction of sp³-hybridized carbons (Fsp3) is 0.188. The predicted molar refractivity (Wildman–Crippen MR) is 89.8 cm³/mol. The topological polar surface area (TPSA) is 72.5 Å². The minimum atomic E-state index is -4.66. The molecule has 2 aromatic rings. The molecule has 0 aromatic heterocycles. The first-order valence-electron chi connectivity index (χ1n) is 7.04. The van der Waals surface area contributed by atoms with Gasteiger partial charge in [-0.05, 0) is 42.8 Å². The minimum absolute atomic E-state index is 0.0198. The number of rotatable bonds is 4. The van der Waals surface area contributed by atoms with Gasteiger partial charge in [-0.25, -0.2) is 13.2 Å². The number of hydrogen-bond donors (Lipinski definition) is 1. The summed E-state index contributed by atoms with van der Waals surface area (Å²) < 4.78 is 70.2. The van der Waals surface area contributed by atoms with Gasteiger partial charge in [-0.15, -0.1) is 0 Å². The molecule has 10 heteroatoms. The maximum absolute atomic E-state index is 12.8. The number of benzene rings is 2. The third-order valence-electron chi connectivity index (χ3n) is 3.44. The van der Waals surface area contributed by atoms with E-state index in [1.165, 1.54) is 19.1 Å². The second-order valence-corrected chi connectivity index (χ2v) is 7.33. The molecule has 0 fully saturated rings. The van der Waals surface area contributed by atoms with Crippen LogP contribution in [-0.4, -0.2) is 21.5 Å². The van der Waals surface area contributed by atoms with E-state index in [1.807, 2.05) is 4.72 Å². The molecule has 2 rings (SSSR count). The first-order chi connectivity index (χ1) is 12.0. The molecule has 0 spiro atoms. The van der Waals surface area contributed by atoms with Gasteiger partial charge in [-0.3, -0.25) is 4.72 Å². The number of nitrogens with one attached hydrogen (secondary N) is 1. The van der Waals surface area contributed by atoms with E-state index < -0.39 is 33.4 Å². The number of alkyl halides is 3. The van der Waals surface area contributed by atoms with E-state index in [0.717, 1.165) is 25.3 Å². The number of hydrogen-bond acceptors (Lipinski definition) is 4. The van der Waals surface area contributed by atoms with Gasteiger partial charge in [0.25, 0.3) is 10.0 Å². The van der Waals surface area contributed by atoms with Crippen LogP contribution in [0, 0.1) is 6.92 Å². The molecule has 0 aliphatic rings. The van der Waals surface area contributed by atoms with Gasteiger partial charge >= 0.3 is 12.1 Å². The molecule has 0 unspecified atom stereocenters. The molecule has 0 saturated carbocycles. The lowest BCUT2D eigenvalue weighted by Gasteiger charge is -2.14. The number of halogens is 4. The SMILES string of the molecule is COC(=O)c1ccc(C)c(S(=O)(=O)Nc2cc(C(F)(F)F)ccc2Cl)c1. The number of sulfonamides is 1. The van der Waals surface area contributed by atoms with Gasteiger partial charge in [0, 0.05) is 0 Å². The third-order valence-corrected chi connectivity index (χ3v) is 5.27. The quantitative estimate of drug-likeness (QED) is 0.769. The molecule has 0 atom stereocenters. The van der Waals surface area contributed by atoms with Crippen molar-refractivity contribution in [1.82, 2.24) is 0 Å². The Bertz CT molecular complexity index is 958. The lowest BCUT2D eigenvalue weighted by Crippen LogP contribution is -2.16. The molecule has 0 saturated heterocycles. The molecule has 0 amide bonds. The summed E-state index contributed by atoms with van der Waals surface area (Å²) in [5, 5.41) is -0.205. The maximum Gasteiger partial charge on any atom is 0.416 e. The zero-order valence-electron chi connectivity index (χ0n) is 13.5. The fourth-order valence-electron chi connectivity index (χ4n) is 2.11. The summed E-state index contributed by atoms with van der Waals surface area (Å²) in [6, 6.07) is 6.11. The van der Waals surface area contributed by atoms with Crippen LogP contribution in [0.3, 0.4) is 0 Å². The van der Waals surface area contributed by atoms with Crippen LogP contribution in [0.2, 0.25) is 5.02 Å². The Morgan fingerprint density at radius 1 is 1.15 bits per heavy atom. The predicted octanol–water partition coefficient (Wildman–Crippen LogP) is 4.25. The van der Waals surface area contributed by atoms with Crippen molar-refractivity contribution in [3.05, 3.63) is 58.1 Å². The van der Waals surface area contributed by atoms with Crippen LogP contribution < -0.4 is 4.72 Å². The van der Waals surface area contributed by atoms with Crippen molar-refractivity contribution in [2.75, 3.05) is 11.8 Å². The van der Waals surface area contributed by atoms with Crippen LogP contribution >= 0.6 is 11.6 Å². The molecule has 2 aromatic carbocycles. The average molecular weight is 408 g/mol. The van der Waals surface area contributed by atoms with E-state index in [1.54, 1.807) is 0 Å². The molecule has 26 heavy (non-hydrogen) atoms. The number of anilines is 1. The average Bonchev–Trinajstić information content (AvgIpc) is 2.55. The van der Waals surface area contributed by atoms with Gasteiger partial charge in [0.05, 0.1) is 33.8 Å². The molecule has 140 valence electrons. The largest absolute Gasteiger partial charge is 0.465 e. The van der Waals surface area contributed by atoms with Crippen molar-refractivity contribution in [3.8, 4) is 0 Å². The highest BCUT2D eigenvalue weighted by molar-refractivity contribution is 7.92. The second kappa shape index (κ2) is 7.16. The number of aryl methyl sites for hydroxylation is 1. The van der Waals surface area contributed by atoms with Gasteiger partial charge in [0.2, 0.25) is 0 Å². The van der Waals surface area contributed by atoms with E-state index in [4.69, 9.17) is 11.6 Å². The Morgan fingerprint density at radius 2 is 1.81 bits per heavy atom. The normalized spacial score (nSPS) is 11.9. The van der Waals surface area contributed by atoms with Crippen LogP contribution in [-0.2, 0) is 20.9 Å². The van der Waals surface area contributed by atoms with Gasteiger partial charge in [0.1, 0.15) is 0 Å². The number of esters is 1. The summed E-state index contributed by atoms with van der Waals surface area (Å²) in [5.74, 6) is -0.751. The molecular formula is C16H13ClF3NO4S. The van der Waals surface area contributed by atoms with E-state index >= 15 is 0 Å². The first-order valence-corrected chi connectivity index (χ1v) is 8.90. The van der Waals surface area contributed by atoms with Gasteiger partial charge in [-0.1, -0.05) is 17.7 Å². The number of carbonyl (C=O) groups is 1. The van der Waals surface area contributed by atoms with E-state index in [-0.39, 0.29) is 21.0 Å². The highest BCUT2D eigenvalue weighted by Gasteiger charge is 2.31. The first kappa shape index (κ1) is 20.1. The monoisotopic (exact) mass is 407 g/mol. The van der Waals surface area contributed by atoms with E-state index in [0.29, 0.717) is 6.07 Å². The van der Waals surface area contributed by atoms with Crippen LogP contribution in [0.15, 0.2) is 41.3 Å². The lowest BCUT2D eigenvalue weighted by atomic mass is 10.1. The van der Waals surface area contributed by atoms with Crippen molar-refractivity contribution < 1.29 is 31.1 Å². The Labute approximate surface area is 152 Å². The maximum atomic E-state index is 12.8. The summed E-state index contributed by atoms with van der Waals surface area (Å²) in [6.45, 7) is 1.48. The Morgan fingerprint density at radius 3 is 2.38 bits per heavy atom. The molecular weight excluding hydrogens is 395 g/mol. The van der Waals surface area contributed by atoms with Crippen LogP contribution in [0.25, 0.3) is 0 Å². The van der Waals surface area contributed by atoms with E-state index in [2.05, 4.69) is 4.74 Å². The Hall–Kier alpha value is -2.26. The summed E-state index contributed by atoms with van der Waals surface area (Å²) in [7, 11) is -3.17. The third kappa shape index (κ3) is 4.28. The second-order valence-electron chi connectivity index (χ2n) is 5.27. The van der Waals surface area contributed by atoms with Crippen molar-refractivity contribution in [1.29, 1.82) is 0 Å². The summed E-state index contributed by atoms with van der Waals surface area (Å²) in [6.07, 6.45) is -4.66. The lowest BCUT2D eigenvalue weighted by molar-refractivity contribution is -0.137. The van der Waals surface area contributed by atoms with Crippen LogP contribution in [0.5, 0.6) is 0 Å². The van der Waals surface area contributed by atoms with Crippen LogP contribution in [0.1, 0.15) is 21.5 Å². The molecule has 0 radical (unpaired) electrons. The van der Waals surface area contributed by atoms with Crippen molar-refractivity contribution in [3.63, 3.8) is 0 Å². The van der Waals surface area contributed by atoms with Crippen molar-refractivity contribution in [2.45, 2.75) is 18.0 Å². The standard InChI is InChI=1S/C16H13ClF3NO4S/c1-9-3-4-10(15(22)25-2)7-14(9)26(23,24)21-13-8-11(16(18,19)20)5-6-12(13)17/h3-8,21H,1-2H3. The fourth-order valence-corrected chi connectivity index (χ4v) is 3.68.